The molecule has 0 N–H and O–H groups in total. The van der Waals surface area contributed by atoms with E-state index in [9.17, 15) is 0 Å². The van der Waals surface area contributed by atoms with Gasteiger partial charge in [-0.05, 0) is 59.0 Å². The molecular formula is C33H65N. The lowest BCUT2D eigenvalue weighted by molar-refractivity contribution is 0.251. The SMILES string of the molecule is CCCCC/C=C\C/C=C\CCCCCCCCCCCC(CCCCCCCCC)N(C)C. The normalized spacial score (nSPS) is 13.1. The van der Waals surface area contributed by atoms with Gasteiger partial charge in [0, 0.05) is 6.04 Å². The summed E-state index contributed by atoms with van der Waals surface area (Å²) in [6.45, 7) is 4.58. The topological polar surface area (TPSA) is 3.24 Å². The largest absolute Gasteiger partial charge is 0.306 e. The van der Waals surface area contributed by atoms with Crippen molar-refractivity contribution in [2.75, 3.05) is 14.1 Å². The Hall–Kier alpha value is -0.560. The Labute approximate surface area is 217 Å². The van der Waals surface area contributed by atoms with E-state index in [0.717, 1.165) is 12.5 Å². The van der Waals surface area contributed by atoms with Gasteiger partial charge < -0.3 is 4.90 Å². The molecule has 1 heteroatoms. The minimum absolute atomic E-state index is 0.812. The van der Waals surface area contributed by atoms with Gasteiger partial charge in [0.25, 0.3) is 0 Å². The van der Waals surface area contributed by atoms with Crippen LogP contribution in [0.3, 0.4) is 0 Å². The molecule has 0 fully saturated rings. The molecule has 0 radical (unpaired) electrons. The second-order valence-electron chi connectivity index (χ2n) is 11.0. The highest BCUT2D eigenvalue weighted by atomic mass is 15.1. The summed E-state index contributed by atoms with van der Waals surface area (Å²) in [4.78, 5) is 2.48. The van der Waals surface area contributed by atoms with Crippen molar-refractivity contribution in [2.24, 2.45) is 0 Å². The Kier molecular flexibility index (Phi) is 28.2. The van der Waals surface area contributed by atoms with Crippen LogP contribution in [0, 0.1) is 0 Å². The highest BCUT2D eigenvalue weighted by Crippen LogP contribution is 2.17. The minimum Gasteiger partial charge on any atom is -0.306 e. The average molecular weight is 476 g/mol. The number of rotatable bonds is 27. The van der Waals surface area contributed by atoms with Crippen molar-refractivity contribution in [1.82, 2.24) is 4.90 Å². The lowest BCUT2D eigenvalue weighted by Gasteiger charge is -2.24. The molecule has 0 spiro atoms. The van der Waals surface area contributed by atoms with Crippen molar-refractivity contribution in [1.29, 1.82) is 0 Å². The molecule has 0 saturated carbocycles. The van der Waals surface area contributed by atoms with Gasteiger partial charge in [0.15, 0.2) is 0 Å². The first-order valence-electron chi connectivity index (χ1n) is 15.7. The summed E-state index contributed by atoms with van der Waals surface area (Å²) in [6.07, 6.45) is 42.9. The maximum atomic E-state index is 2.48. The molecule has 0 aliphatic heterocycles. The van der Waals surface area contributed by atoms with Crippen LogP contribution in [-0.4, -0.2) is 25.0 Å². The lowest BCUT2D eigenvalue weighted by atomic mass is 9.99. The van der Waals surface area contributed by atoms with Crippen LogP contribution in [0.5, 0.6) is 0 Å². The van der Waals surface area contributed by atoms with Gasteiger partial charge in [-0.25, -0.2) is 0 Å². The third-order valence-electron chi connectivity index (χ3n) is 7.36. The third-order valence-corrected chi connectivity index (χ3v) is 7.36. The predicted molar refractivity (Wildman–Crippen MR) is 158 cm³/mol. The van der Waals surface area contributed by atoms with Gasteiger partial charge in [0.05, 0.1) is 0 Å². The predicted octanol–water partition coefficient (Wildman–Crippen LogP) is 11.4. The summed E-state index contributed by atoms with van der Waals surface area (Å²) in [6, 6.07) is 0.812. The van der Waals surface area contributed by atoms with Crippen molar-refractivity contribution in [3.8, 4) is 0 Å². The van der Waals surface area contributed by atoms with Crippen LogP contribution >= 0.6 is 0 Å². The number of hydrogen-bond acceptors (Lipinski definition) is 1. The van der Waals surface area contributed by atoms with Crippen molar-refractivity contribution in [2.45, 2.75) is 174 Å². The Morgan fingerprint density at radius 1 is 0.441 bits per heavy atom. The molecule has 0 aliphatic rings. The van der Waals surface area contributed by atoms with Gasteiger partial charge in [0.2, 0.25) is 0 Å². The standard InChI is InChI=1S/C33H65N/c1-5-7-9-11-13-14-15-16-17-18-19-20-21-22-23-24-26-28-30-32-33(34(3)4)31-29-27-25-12-10-8-6-2/h13-14,16-17,33H,5-12,15,18-32H2,1-4H3/b14-13-,17-16-. The Morgan fingerprint density at radius 2 is 0.794 bits per heavy atom. The van der Waals surface area contributed by atoms with Gasteiger partial charge in [-0.1, -0.05) is 147 Å². The molecule has 0 aliphatic carbocycles. The smallest absolute Gasteiger partial charge is 0.00891 e. The third kappa shape index (κ3) is 26.1. The van der Waals surface area contributed by atoms with E-state index in [2.05, 4.69) is 57.1 Å². The van der Waals surface area contributed by atoms with Gasteiger partial charge in [-0.3, -0.25) is 0 Å². The zero-order valence-corrected chi connectivity index (χ0v) is 24.3. The number of allylic oxidation sites excluding steroid dienone is 4. The van der Waals surface area contributed by atoms with Crippen molar-refractivity contribution < 1.29 is 0 Å². The van der Waals surface area contributed by atoms with Crippen LogP contribution in [0.2, 0.25) is 0 Å². The quantitative estimate of drug-likeness (QED) is 0.0843. The van der Waals surface area contributed by atoms with E-state index < -0.39 is 0 Å². The average Bonchev–Trinajstić information content (AvgIpc) is 2.83. The van der Waals surface area contributed by atoms with Crippen molar-refractivity contribution in [3.05, 3.63) is 24.3 Å². The van der Waals surface area contributed by atoms with Gasteiger partial charge in [-0.15, -0.1) is 0 Å². The van der Waals surface area contributed by atoms with E-state index in [-0.39, 0.29) is 0 Å². The summed E-state index contributed by atoms with van der Waals surface area (Å²) in [5.74, 6) is 0. The number of nitrogens with zero attached hydrogens (tertiary/aromatic N) is 1. The van der Waals surface area contributed by atoms with Gasteiger partial charge in [0.1, 0.15) is 0 Å². The molecule has 0 bridgehead atoms. The highest BCUT2D eigenvalue weighted by Gasteiger charge is 2.10. The second-order valence-corrected chi connectivity index (χ2v) is 11.0. The fraction of sp³-hybridized carbons (Fsp3) is 0.879. The Balaban J connectivity index is 3.42. The van der Waals surface area contributed by atoms with E-state index in [1.165, 1.54) is 148 Å². The van der Waals surface area contributed by atoms with Crippen LogP contribution in [0.4, 0.5) is 0 Å². The first-order chi connectivity index (χ1) is 16.7. The zero-order valence-electron chi connectivity index (χ0n) is 24.3. The maximum Gasteiger partial charge on any atom is 0.00891 e. The second kappa shape index (κ2) is 28.7. The van der Waals surface area contributed by atoms with Crippen molar-refractivity contribution >= 4 is 0 Å². The van der Waals surface area contributed by atoms with E-state index in [1.54, 1.807) is 0 Å². The van der Waals surface area contributed by atoms with Crippen LogP contribution in [-0.2, 0) is 0 Å². The molecule has 0 aromatic carbocycles. The molecule has 34 heavy (non-hydrogen) atoms. The monoisotopic (exact) mass is 476 g/mol. The molecule has 0 saturated heterocycles. The molecule has 0 aromatic heterocycles. The fourth-order valence-electron chi connectivity index (χ4n) is 4.90. The summed E-state index contributed by atoms with van der Waals surface area (Å²) < 4.78 is 0. The molecule has 0 amide bonds. The van der Waals surface area contributed by atoms with Crippen molar-refractivity contribution in [3.63, 3.8) is 0 Å². The molecule has 1 atom stereocenters. The summed E-state index contributed by atoms with van der Waals surface area (Å²) in [5.41, 5.74) is 0. The summed E-state index contributed by atoms with van der Waals surface area (Å²) in [5, 5.41) is 0. The first kappa shape index (κ1) is 33.4. The first-order valence-corrected chi connectivity index (χ1v) is 15.7. The summed E-state index contributed by atoms with van der Waals surface area (Å²) >= 11 is 0. The number of unbranched alkanes of at least 4 members (excludes halogenated alkanes) is 18. The van der Waals surface area contributed by atoms with Crippen LogP contribution < -0.4 is 0 Å². The Bertz CT molecular complexity index is 422. The van der Waals surface area contributed by atoms with Gasteiger partial charge >= 0.3 is 0 Å². The van der Waals surface area contributed by atoms with Crippen LogP contribution in [0.25, 0.3) is 0 Å². The zero-order chi connectivity index (χ0) is 25.0. The van der Waals surface area contributed by atoms with Crippen LogP contribution in [0.15, 0.2) is 24.3 Å². The number of hydrogen-bond donors (Lipinski definition) is 0. The molecular weight excluding hydrogens is 410 g/mol. The fourth-order valence-corrected chi connectivity index (χ4v) is 4.90. The van der Waals surface area contributed by atoms with E-state index in [1.807, 2.05) is 0 Å². The van der Waals surface area contributed by atoms with E-state index >= 15 is 0 Å². The molecule has 0 aromatic rings. The summed E-state index contributed by atoms with van der Waals surface area (Å²) in [7, 11) is 4.57. The molecule has 1 nitrogen and oxygen atoms in total. The minimum atomic E-state index is 0.812. The van der Waals surface area contributed by atoms with Gasteiger partial charge in [-0.2, -0.15) is 0 Å². The molecule has 1 unspecified atom stereocenters. The lowest BCUT2D eigenvalue weighted by Crippen LogP contribution is -2.27. The highest BCUT2D eigenvalue weighted by molar-refractivity contribution is 4.92. The molecule has 202 valence electrons. The van der Waals surface area contributed by atoms with E-state index in [4.69, 9.17) is 0 Å². The maximum absolute atomic E-state index is 2.48. The molecule has 0 rings (SSSR count). The van der Waals surface area contributed by atoms with Crippen LogP contribution in [0.1, 0.15) is 168 Å². The van der Waals surface area contributed by atoms with E-state index in [0.29, 0.717) is 0 Å². The molecule has 0 heterocycles. The Morgan fingerprint density at radius 3 is 1.24 bits per heavy atom.